The smallest absolute Gasteiger partial charge is 0.178 e. The maximum absolute atomic E-state index is 6.15. The van der Waals surface area contributed by atoms with Crippen LogP contribution in [0.15, 0.2) is 36.5 Å². The molecule has 0 aliphatic rings. The molecule has 0 atom stereocenters. The van der Waals surface area contributed by atoms with Crippen LogP contribution in [-0.4, -0.2) is 21.6 Å². The van der Waals surface area contributed by atoms with Crippen LogP contribution in [0.2, 0.25) is 5.02 Å². The molecule has 0 fully saturated rings. The van der Waals surface area contributed by atoms with Gasteiger partial charge in [0.25, 0.3) is 0 Å². The highest BCUT2D eigenvalue weighted by atomic mass is 35.5. The van der Waals surface area contributed by atoms with Gasteiger partial charge in [0.05, 0.1) is 17.6 Å². The second-order valence-corrected chi connectivity index (χ2v) is 4.60. The fourth-order valence-electron chi connectivity index (χ4n) is 2.09. The zero-order valence-corrected chi connectivity index (χ0v) is 11.3. The number of benzene rings is 1. The second-order valence-electron chi connectivity index (χ2n) is 4.19. The number of hydrogen-bond acceptors (Lipinski definition) is 3. The maximum Gasteiger partial charge on any atom is 0.178 e. The van der Waals surface area contributed by atoms with E-state index in [1.165, 1.54) is 0 Å². The van der Waals surface area contributed by atoms with Crippen molar-refractivity contribution >= 4 is 22.8 Å². The summed E-state index contributed by atoms with van der Waals surface area (Å²) in [5, 5.41) is 0.569. The van der Waals surface area contributed by atoms with E-state index in [2.05, 4.69) is 9.97 Å². The highest BCUT2D eigenvalue weighted by molar-refractivity contribution is 6.32. The Balaban J connectivity index is 2.19. The molecule has 0 N–H and O–H groups in total. The summed E-state index contributed by atoms with van der Waals surface area (Å²) in [4.78, 5) is 8.79. The number of aryl methyl sites for hydroxylation is 1. The molecule has 0 saturated heterocycles. The van der Waals surface area contributed by atoms with E-state index in [1.807, 2.05) is 41.9 Å². The first-order chi connectivity index (χ1) is 9.20. The van der Waals surface area contributed by atoms with Crippen LogP contribution in [-0.2, 0) is 7.05 Å². The van der Waals surface area contributed by atoms with Crippen molar-refractivity contribution in [1.29, 1.82) is 0 Å². The second kappa shape index (κ2) is 4.55. The van der Waals surface area contributed by atoms with Crippen LogP contribution < -0.4 is 4.74 Å². The summed E-state index contributed by atoms with van der Waals surface area (Å²) in [5.74, 6) is 1.49. The fourth-order valence-corrected chi connectivity index (χ4v) is 2.35. The van der Waals surface area contributed by atoms with Crippen molar-refractivity contribution in [3.05, 3.63) is 41.6 Å². The lowest BCUT2D eigenvalue weighted by atomic mass is 10.2. The van der Waals surface area contributed by atoms with Gasteiger partial charge in [0.15, 0.2) is 5.65 Å². The highest BCUT2D eigenvalue weighted by Crippen LogP contribution is 2.30. The first-order valence-electron chi connectivity index (χ1n) is 5.82. The SMILES string of the molecule is COc1ccc(-c2nc3ncccc3n2C)cc1Cl. The summed E-state index contributed by atoms with van der Waals surface area (Å²) in [6.45, 7) is 0. The molecule has 2 heterocycles. The summed E-state index contributed by atoms with van der Waals surface area (Å²) in [6.07, 6.45) is 1.74. The minimum Gasteiger partial charge on any atom is -0.495 e. The van der Waals surface area contributed by atoms with Gasteiger partial charge < -0.3 is 9.30 Å². The van der Waals surface area contributed by atoms with Crippen molar-refractivity contribution in [2.45, 2.75) is 0 Å². The molecule has 0 saturated carbocycles. The van der Waals surface area contributed by atoms with Crippen LogP contribution >= 0.6 is 11.6 Å². The van der Waals surface area contributed by atoms with E-state index in [0.717, 1.165) is 22.6 Å². The molecule has 0 amide bonds. The Kier molecular flexibility index (Phi) is 2.87. The van der Waals surface area contributed by atoms with E-state index in [-0.39, 0.29) is 0 Å². The number of fused-ring (bicyclic) bond motifs is 1. The van der Waals surface area contributed by atoms with Gasteiger partial charge in [-0.3, -0.25) is 0 Å². The molecule has 0 unspecified atom stereocenters. The molecule has 0 aliphatic heterocycles. The number of aromatic nitrogens is 3. The number of imidazole rings is 1. The quantitative estimate of drug-likeness (QED) is 0.719. The van der Waals surface area contributed by atoms with Crippen LogP contribution in [0.1, 0.15) is 0 Å². The van der Waals surface area contributed by atoms with Gasteiger partial charge in [-0.15, -0.1) is 0 Å². The van der Waals surface area contributed by atoms with Crippen molar-refractivity contribution in [1.82, 2.24) is 14.5 Å². The third-order valence-corrected chi connectivity index (χ3v) is 3.36. The first kappa shape index (κ1) is 12.0. The molecule has 5 heteroatoms. The molecule has 0 bridgehead atoms. The van der Waals surface area contributed by atoms with Gasteiger partial charge in [-0.25, -0.2) is 9.97 Å². The van der Waals surface area contributed by atoms with Crippen LogP contribution in [0.3, 0.4) is 0 Å². The Labute approximate surface area is 115 Å². The van der Waals surface area contributed by atoms with Gasteiger partial charge in [0.2, 0.25) is 0 Å². The van der Waals surface area contributed by atoms with E-state index in [0.29, 0.717) is 10.8 Å². The van der Waals surface area contributed by atoms with Gasteiger partial charge in [0, 0.05) is 18.8 Å². The molecule has 1 aromatic carbocycles. The van der Waals surface area contributed by atoms with E-state index >= 15 is 0 Å². The molecule has 0 spiro atoms. The van der Waals surface area contributed by atoms with Gasteiger partial charge in [0.1, 0.15) is 11.6 Å². The number of hydrogen-bond donors (Lipinski definition) is 0. The minimum absolute atomic E-state index is 0.569. The summed E-state index contributed by atoms with van der Waals surface area (Å²) >= 11 is 6.15. The standard InChI is InChI=1S/C14H12ClN3O/c1-18-11-4-3-7-16-13(11)17-14(18)9-5-6-12(19-2)10(15)8-9/h3-8H,1-2H3. The molecule has 3 rings (SSSR count). The third kappa shape index (κ3) is 1.94. The molecule has 4 nitrogen and oxygen atoms in total. The Morgan fingerprint density at radius 2 is 2.11 bits per heavy atom. The fraction of sp³-hybridized carbons (Fsp3) is 0.143. The van der Waals surface area contributed by atoms with Crippen molar-refractivity contribution in [3.8, 4) is 17.1 Å². The third-order valence-electron chi connectivity index (χ3n) is 3.07. The Morgan fingerprint density at radius 3 is 2.79 bits per heavy atom. The summed E-state index contributed by atoms with van der Waals surface area (Å²) in [5.41, 5.74) is 2.66. The molecule has 96 valence electrons. The van der Waals surface area contributed by atoms with Gasteiger partial charge in [-0.05, 0) is 30.3 Å². The van der Waals surface area contributed by atoms with Crippen LogP contribution in [0.25, 0.3) is 22.6 Å². The topological polar surface area (TPSA) is 39.9 Å². The van der Waals surface area contributed by atoms with Crippen LogP contribution in [0.5, 0.6) is 5.75 Å². The predicted octanol–water partition coefficient (Wildman–Crippen LogP) is 3.30. The number of rotatable bonds is 2. The zero-order valence-electron chi connectivity index (χ0n) is 10.6. The van der Waals surface area contributed by atoms with Gasteiger partial charge >= 0.3 is 0 Å². The summed E-state index contributed by atoms with van der Waals surface area (Å²) in [7, 11) is 3.56. The maximum atomic E-state index is 6.15. The number of ether oxygens (including phenoxy) is 1. The molecular formula is C14H12ClN3O. The lowest BCUT2D eigenvalue weighted by molar-refractivity contribution is 0.415. The molecule has 2 aromatic heterocycles. The van der Waals surface area contributed by atoms with Crippen molar-refractivity contribution < 1.29 is 4.74 Å². The van der Waals surface area contributed by atoms with E-state index in [4.69, 9.17) is 16.3 Å². The lowest BCUT2D eigenvalue weighted by Gasteiger charge is -2.06. The molecule has 19 heavy (non-hydrogen) atoms. The van der Waals surface area contributed by atoms with E-state index < -0.39 is 0 Å². The Bertz CT molecular complexity index is 752. The van der Waals surface area contributed by atoms with Gasteiger partial charge in [-0.2, -0.15) is 0 Å². The summed E-state index contributed by atoms with van der Waals surface area (Å²) < 4.78 is 7.15. The average molecular weight is 274 g/mol. The van der Waals surface area contributed by atoms with Gasteiger partial charge in [-0.1, -0.05) is 11.6 Å². The van der Waals surface area contributed by atoms with Crippen LogP contribution in [0.4, 0.5) is 0 Å². The number of methoxy groups -OCH3 is 1. The normalized spacial score (nSPS) is 10.9. The van der Waals surface area contributed by atoms with Crippen molar-refractivity contribution in [2.75, 3.05) is 7.11 Å². The largest absolute Gasteiger partial charge is 0.495 e. The number of nitrogens with zero attached hydrogens (tertiary/aromatic N) is 3. The monoisotopic (exact) mass is 273 g/mol. The molecule has 0 aliphatic carbocycles. The predicted molar refractivity (Wildman–Crippen MR) is 75.5 cm³/mol. The number of pyridine rings is 1. The lowest BCUT2D eigenvalue weighted by Crippen LogP contribution is -1.93. The van der Waals surface area contributed by atoms with Crippen molar-refractivity contribution in [2.24, 2.45) is 7.05 Å². The molecule has 3 aromatic rings. The number of halogens is 1. The van der Waals surface area contributed by atoms with E-state index in [9.17, 15) is 0 Å². The highest BCUT2D eigenvalue weighted by Gasteiger charge is 2.11. The Morgan fingerprint density at radius 1 is 1.26 bits per heavy atom. The summed E-state index contributed by atoms with van der Waals surface area (Å²) in [6, 6.07) is 9.51. The zero-order chi connectivity index (χ0) is 13.4. The van der Waals surface area contributed by atoms with Crippen molar-refractivity contribution in [3.63, 3.8) is 0 Å². The average Bonchev–Trinajstić information content (AvgIpc) is 2.77. The van der Waals surface area contributed by atoms with Crippen LogP contribution in [0, 0.1) is 0 Å². The molecular weight excluding hydrogens is 262 g/mol. The Hall–Kier alpha value is -2.07. The van der Waals surface area contributed by atoms with E-state index in [1.54, 1.807) is 13.3 Å². The molecule has 0 radical (unpaired) electrons. The first-order valence-corrected chi connectivity index (χ1v) is 6.20. The minimum atomic E-state index is 0.569.